The molecule has 0 atom stereocenters. The Kier molecular flexibility index (Phi) is 2.68. The summed E-state index contributed by atoms with van der Waals surface area (Å²) in [5.74, 6) is 0.141. The summed E-state index contributed by atoms with van der Waals surface area (Å²) in [5, 5.41) is 0. The van der Waals surface area contributed by atoms with E-state index in [4.69, 9.17) is 10.5 Å². The third kappa shape index (κ3) is 2.24. The number of nitrogens with two attached hydrogens (primary N) is 1. The smallest absolute Gasteiger partial charge is 0.267 e. The summed E-state index contributed by atoms with van der Waals surface area (Å²) in [5.41, 5.74) is 6.28. The van der Waals surface area contributed by atoms with Gasteiger partial charge >= 0.3 is 0 Å². The first-order valence-corrected chi connectivity index (χ1v) is 5.21. The van der Waals surface area contributed by atoms with E-state index in [2.05, 4.69) is 4.98 Å². The van der Waals surface area contributed by atoms with Gasteiger partial charge in [-0.1, -0.05) is 0 Å². The van der Waals surface area contributed by atoms with Gasteiger partial charge in [0.25, 0.3) is 5.91 Å². The van der Waals surface area contributed by atoms with Crippen molar-refractivity contribution in [2.24, 2.45) is 5.73 Å². The second-order valence-corrected chi connectivity index (χ2v) is 4.11. The van der Waals surface area contributed by atoms with Crippen LogP contribution in [-0.4, -0.2) is 31.1 Å². The van der Waals surface area contributed by atoms with Crippen LogP contribution >= 0.6 is 0 Å². The third-order valence-electron chi connectivity index (χ3n) is 2.40. The lowest BCUT2D eigenvalue weighted by Crippen LogP contribution is -2.16. The lowest BCUT2D eigenvalue weighted by Gasteiger charge is -2.17. The van der Waals surface area contributed by atoms with Gasteiger partial charge < -0.3 is 15.4 Å². The van der Waals surface area contributed by atoms with Crippen LogP contribution in [0.15, 0.2) is 12.3 Å². The minimum atomic E-state index is -0.536. The van der Waals surface area contributed by atoms with Crippen molar-refractivity contribution in [3.8, 4) is 5.75 Å². The van der Waals surface area contributed by atoms with E-state index in [0.29, 0.717) is 5.75 Å². The van der Waals surface area contributed by atoms with Crippen LogP contribution < -0.4 is 15.4 Å². The molecule has 0 bridgehead atoms. The number of nitrogens with zero attached hydrogens (tertiary/aromatic N) is 2. The number of rotatable bonds is 4. The van der Waals surface area contributed by atoms with Gasteiger partial charge in [-0.3, -0.25) is 4.79 Å². The Morgan fingerprint density at radius 2 is 2.25 bits per heavy atom. The van der Waals surface area contributed by atoms with E-state index < -0.39 is 5.91 Å². The minimum absolute atomic E-state index is 0.237. The molecule has 1 aliphatic rings. The van der Waals surface area contributed by atoms with Crippen LogP contribution in [0.5, 0.6) is 5.75 Å². The molecule has 0 aliphatic heterocycles. The predicted molar refractivity (Wildman–Crippen MR) is 60.7 cm³/mol. The number of carbonyl (C=O) groups excluding carboxylic acids is 1. The van der Waals surface area contributed by atoms with Crippen LogP contribution in [0.4, 0.5) is 5.69 Å². The van der Waals surface area contributed by atoms with E-state index in [-0.39, 0.29) is 11.8 Å². The number of hydrogen-bond acceptors (Lipinski definition) is 4. The zero-order chi connectivity index (χ0) is 11.7. The maximum absolute atomic E-state index is 11.0. The summed E-state index contributed by atoms with van der Waals surface area (Å²) in [6, 6.07) is 1.61. The molecule has 86 valence electrons. The highest BCUT2D eigenvalue weighted by Gasteiger charge is 2.25. The Bertz CT molecular complexity index is 414. The molecule has 5 nitrogen and oxygen atoms in total. The molecule has 1 heterocycles. The van der Waals surface area contributed by atoms with Gasteiger partial charge in [-0.05, 0) is 12.8 Å². The van der Waals surface area contributed by atoms with Crippen molar-refractivity contribution in [2.45, 2.75) is 18.9 Å². The van der Waals surface area contributed by atoms with Crippen molar-refractivity contribution in [1.29, 1.82) is 0 Å². The summed E-state index contributed by atoms with van der Waals surface area (Å²) in [7, 11) is 3.81. The summed E-state index contributed by atoms with van der Waals surface area (Å²) < 4.78 is 5.72. The normalized spacial score (nSPS) is 14.6. The molecule has 5 heteroatoms. The second kappa shape index (κ2) is 4.00. The van der Waals surface area contributed by atoms with Crippen molar-refractivity contribution < 1.29 is 9.53 Å². The number of pyridine rings is 1. The van der Waals surface area contributed by atoms with Crippen LogP contribution in [0.25, 0.3) is 0 Å². The molecule has 0 radical (unpaired) electrons. The molecule has 16 heavy (non-hydrogen) atoms. The first kappa shape index (κ1) is 10.7. The first-order valence-electron chi connectivity index (χ1n) is 5.21. The lowest BCUT2D eigenvalue weighted by molar-refractivity contribution is 0.0995. The average molecular weight is 221 g/mol. The van der Waals surface area contributed by atoms with Crippen molar-refractivity contribution in [3.05, 3.63) is 18.0 Å². The molecule has 2 rings (SSSR count). The summed E-state index contributed by atoms with van der Waals surface area (Å²) in [4.78, 5) is 16.9. The van der Waals surface area contributed by atoms with Crippen molar-refractivity contribution in [2.75, 3.05) is 19.0 Å². The molecule has 1 aromatic heterocycles. The fourth-order valence-electron chi connectivity index (χ4n) is 1.36. The van der Waals surface area contributed by atoms with E-state index in [1.165, 1.54) is 0 Å². The fourth-order valence-corrected chi connectivity index (χ4v) is 1.36. The highest BCUT2D eigenvalue weighted by atomic mass is 16.5. The van der Waals surface area contributed by atoms with Gasteiger partial charge in [0.05, 0.1) is 18.0 Å². The molecule has 0 aromatic carbocycles. The highest BCUT2D eigenvalue weighted by molar-refractivity contribution is 5.91. The Balaban J connectivity index is 2.33. The van der Waals surface area contributed by atoms with Crippen LogP contribution in [0.1, 0.15) is 23.3 Å². The Labute approximate surface area is 94.2 Å². The van der Waals surface area contributed by atoms with Crippen LogP contribution in [0.3, 0.4) is 0 Å². The van der Waals surface area contributed by atoms with Gasteiger partial charge in [0.2, 0.25) is 0 Å². The number of anilines is 1. The fraction of sp³-hybridized carbons (Fsp3) is 0.455. The van der Waals surface area contributed by atoms with E-state index in [9.17, 15) is 4.79 Å². The third-order valence-corrected chi connectivity index (χ3v) is 2.40. The lowest BCUT2D eigenvalue weighted by atomic mass is 10.3. The molecule has 2 N–H and O–H groups in total. The van der Waals surface area contributed by atoms with Crippen molar-refractivity contribution in [3.63, 3.8) is 0 Å². The van der Waals surface area contributed by atoms with Gasteiger partial charge in [0, 0.05) is 20.2 Å². The molecule has 1 saturated carbocycles. The monoisotopic (exact) mass is 221 g/mol. The molecule has 0 spiro atoms. The molecule has 0 saturated heterocycles. The summed E-state index contributed by atoms with van der Waals surface area (Å²) >= 11 is 0. The Morgan fingerprint density at radius 3 is 2.75 bits per heavy atom. The molecular formula is C11H15N3O2. The number of primary amides is 1. The number of hydrogen-bond donors (Lipinski definition) is 1. The van der Waals surface area contributed by atoms with Gasteiger partial charge in [-0.15, -0.1) is 0 Å². The van der Waals surface area contributed by atoms with E-state index >= 15 is 0 Å². The SMILES string of the molecule is CN(C)c1cnc(C(N)=O)cc1OC1CC1. The standard InChI is InChI=1S/C11H15N3O2/c1-14(2)9-6-13-8(11(12)15)5-10(9)16-7-3-4-7/h5-7H,3-4H2,1-2H3,(H2,12,15). The first-order chi connectivity index (χ1) is 7.58. The van der Waals surface area contributed by atoms with Gasteiger partial charge in [-0.2, -0.15) is 0 Å². The minimum Gasteiger partial charge on any atom is -0.488 e. The van der Waals surface area contributed by atoms with Gasteiger partial charge in [-0.25, -0.2) is 4.98 Å². The quantitative estimate of drug-likeness (QED) is 0.816. The summed E-state index contributed by atoms with van der Waals surface area (Å²) in [6.07, 6.45) is 4.03. The number of ether oxygens (including phenoxy) is 1. The van der Waals surface area contributed by atoms with Crippen molar-refractivity contribution >= 4 is 11.6 Å². The van der Waals surface area contributed by atoms with Gasteiger partial charge in [0.1, 0.15) is 11.4 Å². The zero-order valence-electron chi connectivity index (χ0n) is 9.43. The van der Waals surface area contributed by atoms with Crippen molar-refractivity contribution in [1.82, 2.24) is 4.98 Å². The topological polar surface area (TPSA) is 68.5 Å². The van der Waals surface area contributed by atoms with E-state index in [1.807, 2.05) is 19.0 Å². The maximum Gasteiger partial charge on any atom is 0.267 e. The van der Waals surface area contributed by atoms with Crippen LogP contribution in [0, 0.1) is 0 Å². The molecule has 0 unspecified atom stereocenters. The number of amides is 1. The predicted octanol–water partition coefficient (Wildman–Crippen LogP) is 0.788. The highest BCUT2D eigenvalue weighted by Crippen LogP contribution is 2.33. The molecule has 1 aliphatic carbocycles. The van der Waals surface area contributed by atoms with Crippen LogP contribution in [-0.2, 0) is 0 Å². The van der Waals surface area contributed by atoms with Gasteiger partial charge in [0.15, 0.2) is 0 Å². The van der Waals surface area contributed by atoms with E-state index in [0.717, 1.165) is 18.5 Å². The number of aromatic nitrogens is 1. The molecule has 1 aromatic rings. The molecule has 1 fully saturated rings. The average Bonchev–Trinajstić information content (AvgIpc) is 3.01. The Morgan fingerprint density at radius 1 is 1.56 bits per heavy atom. The Hall–Kier alpha value is -1.78. The van der Waals surface area contributed by atoms with E-state index in [1.54, 1.807) is 12.3 Å². The molecule has 1 amide bonds. The second-order valence-electron chi connectivity index (χ2n) is 4.11. The number of carbonyl (C=O) groups is 1. The maximum atomic E-state index is 11.0. The largest absolute Gasteiger partial charge is 0.488 e. The molecular weight excluding hydrogens is 206 g/mol. The summed E-state index contributed by atoms with van der Waals surface area (Å²) in [6.45, 7) is 0. The van der Waals surface area contributed by atoms with Crippen LogP contribution in [0.2, 0.25) is 0 Å². The zero-order valence-corrected chi connectivity index (χ0v) is 9.43.